The van der Waals surface area contributed by atoms with E-state index in [-0.39, 0.29) is 38.6 Å². The van der Waals surface area contributed by atoms with Crippen molar-refractivity contribution in [2.75, 3.05) is 26.4 Å². The molecular formula is C68H134NO8P. The van der Waals surface area contributed by atoms with Gasteiger partial charge in [-0.1, -0.05) is 341 Å². The van der Waals surface area contributed by atoms with Gasteiger partial charge in [0.05, 0.1) is 13.2 Å². The first-order valence-corrected chi connectivity index (χ1v) is 36.2. The molecule has 0 bridgehead atoms. The molecule has 0 aliphatic rings. The molecule has 0 aromatic rings. The van der Waals surface area contributed by atoms with Crippen LogP contribution in [0.5, 0.6) is 0 Å². The van der Waals surface area contributed by atoms with E-state index in [0.717, 1.165) is 38.5 Å². The van der Waals surface area contributed by atoms with Gasteiger partial charge < -0.3 is 20.1 Å². The zero-order valence-electron chi connectivity index (χ0n) is 52.2. The third-order valence-electron chi connectivity index (χ3n) is 15.9. The zero-order valence-corrected chi connectivity index (χ0v) is 53.1. The van der Waals surface area contributed by atoms with E-state index in [4.69, 9.17) is 24.3 Å². The van der Waals surface area contributed by atoms with Crippen LogP contribution in [0.15, 0.2) is 12.2 Å². The first-order valence-electron chi connectivity index (χ1n) is 34.7. The van der Waals surface area contributed by atoms with Crippen LogP contribution in [0.25, 0.3) is 0 Å². The summed E-state index contributed by atoms with van der Waals surface area (Å²) in [5, 5.41) is 0. The molecule has 0 saturated heterocycles. The van der Waals surface area contributed by atoms with E-state index in [9.17, 15) is 19.0 Å². The van der Waals surface area contributed by atoms with Crippen LogP contribution in [0.3, 0.4) is 0 Å². The van der Waals surface area contributed by atoms with Gasteiger partial charge in [0.25, 0.3) is 0 Å². The van der Waals surface area contributed by atoms with Crippen molar-refractivity contribution in [2.24, 2.45) is 5.73 Å². The third-order valence-corrected chi connectivity index (χ3v) is 16.9. The van der Waals surface area contributed by atoms with Crippen molar-refractivity contribution in [3.63, 3.8) is 0 Å². The number of rotatable bonds is 67. The molecule has 0 spiro atoms. The number of hydrogen-bond acceptors (Lipinski definition) is 8. The molecule has 0 fully saturated rings. The predicted octanol–water partition coefficient (Wildman–Crippen LogP) is 22.4. The van der Waals surface area contributed by atoms with Crippen molar-refractivity contribution in [3.05, 3.63) is 12.2 Å². The molecule has 0 saturated carbocycles. The Labute approximate surface area is 485 Å². The molecule has 10 heteroatoms. The second-order valence-corrected chi connectivity index (χ2v) is 25.2. The molecular weight excluding hydrogens is 990 g/mol. The first kappa shape index (κ1) is 76.8. The molecule has 3 N–H and O–H groups in total. The van der Waals surface area contributed by atoms with Gasteiger partial charge in [-0.15, -0.1) is 0 Å². The Balaban J connectivity index is 3.76. The van der Waals surface area contributed by atoms with Gasteiger partial charge in [-0.3, -0.25) is 18.6 Å². The van der Waals surface area contributed by atoms with Gasteiger partial charge in [-0.2, -0.15) is 0 Å². The summed E-state index contributed by atoms with van der Waals surface area (Å²) in [5.74, 6) is -0.807. The maximum Gasteiger partial charge on any atom is 0.472 e. The lowest BCUT2D eigenvalue weighted by atomic mass is 10.0. The van der Waals surface area contributed by atoms with Crippen LogP contribution in [0.1, 0.15) is 380 Å². The van der Waals surface area contributed by atoms with Crippen molar-refractivity contribution in [1.29, 1.82) is 0 Å². The van der Waals surface area contributed by atoms with Crippen molar-refractivity contribution in [1.82, 2.24) is 0 Å². The van der Waals surface area contributed by atoms with Crippen molar-refractivity contribution < 1.29 is 37.6 Å². The maximum atomic E-state index is 12.7. The Morgan fingerprint density at radius 3 is 0.910 bits per heavy atom. The number of carbonyl (C=O) groups excluding carboxylic acids is 2. The fourth-order valence-electron chi connectivity index (χ4n) is 10.8. The topological polar surface area (TPSA) is 134 Å². The molecule has 2 atom stereocenters. The van der Waals surface area contributed by atoms with Crippen LogP contribution in [-0.4, -0.2) is 49.3 Å². The lowest BCUT2D eigenvalue weighted by molar-refractivity contribution is -0.161. The van der Waals surface area contributed by atoms with Gasteiger partial charge >= 0.3 is 19.8 Å². The smallest absolute Gasteiger partial charge is 0.462 e. The van der Waals surface area contributed by atoms with E-state index in [1.807, 2.05) is 0 Å². The van der Waals surface area contributed by atoms with Crippen LogP contribution in [0, 0.1) is 0 Å². The summed E-state index contributed by atoms with van der Waals surface area (Å²) in [7, 11) is -4.39. The highest BCUT2D eigenvalue weighted by Gasteiger charge is 2.26. The number of nitrogens with two attached hydrogens (primary N) is 1. The monoisotopic (exact) mass is 1120 g/mol. The molecule has 464 valence electrons. The molecule has 2 unspecified atom stereocenters. The predicted molar refractivity (Wildman–Crippen MR) is 335 cm³/mol. The van der Waals surface area contributed by atoms with Crippen LogP contribution >= 0.6 is 7.82 Å². The highest BCUT2D eigenvalue weighted by atomic mass is 31.2. The summed E-state index contributed by atoms with van der Waals surface area (Å²) in [5.41, 5.74) is 5.40. The van der Waals surface area contributed by atoms with Crippen molar-refractivity contribution >= 4 is 19.8 Å². The minimum Gasteiger partial charge on any atom is -0.462 e. The Morgan fingerprint density at radius 1 is 0.372 bits per heavy atom. The first-order chi connectivity index (χ1) is 38.3. The van der Waals surface area contributed by atoms with E-state index in [1.165, 1.54) is 308 Å². The molecule has 0 heterocycles. The summed E-state index contributed by atoms with van der Waals surface area (Å²) in [6.07, 6.45) is 77.5. The average Bonchev–Trinajstić information content (AvgIpc) is 3.43. The fraction of sp³-hybridized carbons (Fsp3) is 0.941. The number of unbranched alkanes of at least 4 members (excludes halogenated alkanes) is 52. The van der Waals surface area contributed by atoms with E-state index in [2.05, 4.69) is 26.0 Å². The molecule has 0 amide bonds. The second kappa shape index (κ2) is 64.9. The summed E-state index contributed by atoms with van der Waals surface area (Å²) in [6, 6.07) is 0. The van der Waals surface area contributed by atoms with E-state index < -0.39 is 26.5 Å². The molecule has 0 aromatic carbocycles. The van der Waals surface area contributed by atoms with E-state index in [0.29, 0.717) is 6.42 Å². The van der Waals surface area contributed by atoms with Crippen LogP contribution < -0.4 is 5.73 Å². The Hall–Kier alpha value is -1.25. The molecule has 0 rings (SSSR count). The Bertz CT molecular complexity index is 1280. The average molecular weight is 1120 g/mol. The number of hydrogen-bond donors (Lipinski definition) is 2. The van der Waals surface area contributed by atoms with E-state index in [1.54, 1.807) is 0 Å². The minimum atomic E-state index is -4.39. The minimum absolute atomic E-state index is 0.0566. The van der Waals surface area contributed by atoms with Gasteiger partial charge in [0.15, 0.2) is 6.10 Å². The maximum absolute atomic E-state index is 12.7. The molecule has 0 aromatic heterocycles. The number of phosphoric acid groups is 1. The Morgan fingerprint density at radius 2 is 0.628 bits per heavy atom. The molecule has 9 nitrogen and oxygen atoms in total. The molecule has 0 aliphatic heterocycles. The van der Waals surface area contributed by atoms with Crippen LogP contribution in [0.4, 0.5) is 0 Å². The lowest BCUT2D eigenvalue weighted by Crippen LogP contribution is -2.29. The number of ether oxygens (including phenoxy) is 2. The summed E-state index contributed by atoms with van der Waals surface area (Å²) < 4.78 is 33.1. The van der Waals surface area contributed by atoms with E-state index >= 15 is 0 Å². The highest BCUT2D eigenvalue weighted by molar-refractivity contribution is 7.47. The lowest BCUT2D eigenvalue weighted by Gasteiger charge is -2.19. The largest absolute Gasteiger partial charge is 0.472 e. The number of esters is 2. The normalized spacial score (nSPS) is 12.9. The highest BCUT2D eigenvalue weighted by Crippen LogP contribution is 2.43. The standard InChI is InChI=1S/C68H134NO8P/c1-3-5-7-9-11-13-15-17-19-21-23-25-26-27-28-29-30-31-32-33-34-35-36-37-38-39-41-42-44-46-48-50-52-54-56-58-60-67(70)74-64-66(65-76-78(72,73)75-63-62-69)77-68(71)61-59-57-55-53-51-49-47-45-43-40-24-22-20-18-16-14-12-10-8-6-4-2/h22,24,66H,3-21,23,25-65,69H2,1-2H3,(H,72,73)/b24-22-. The third kappa shape index (κ3) is 63.9. The van der Waals surface area contributed by atoms with Crippen molar-refractivity contribution in [3.8, 4) is 0 Å². The van der Waals surface area contributed by atoms with Crippen LogP contribution in [-0.2, 0) is 32.7 Å². The van der Waals surface area contributed by atoms with Gasteiger partial charge in [-0.05, 0) is 38.5 Å². The van der Waals surface area contributed by atoms with Gasteiger partial charge in [0.2, 0.25) is 0 Å². The number of phosphoric ester groups is 1. The molecule has 0 radical (unpaired) electrons. The number of allylic oxidation sites excluding steroid dienone is 2. The SMILES string of the molecule is CCCCCCCCCC/C=C\CCCCCCCCCCCC(=O)OC(COC(=O)CCCCCCCCCCCCCCCCCCCCCCCCCCCCCCCCCCCCCC)COP(=O)(O)OCCN. The summed E-state index contributed by atoms with van der Waals surface area (Å²) >= 11 is 0. The molecule has 0 aliphatic carbocycles. The number of carbonyl (C=O) groups is 2. The zero-order chi connectivity index (χ0) is 56.6. The van der Waals surface area contributed by atoms with Crippen molar-refractivity contribution in [2.45, 2.75) is 386 Å². The fourth-order valence-corrected chi connectivity index (χ4v) is 11.5. The molecule has 78 heavy (non-hydrogen) atoms. The quantitative estimate of drug-likeness (QED) is 0.0264. The van der Waals surface area contributed by atoms with Gasteiger partial charge in [0.1, 0.15) is 6.61 Å². The second-order valence-electron chi connectivity index (χ2n) is 23.8. The van der Waals surface area contributed by atoms with Gasteiger partial charge in [0, 0.05) is 19.4 Å². The summed E-state index contributed by atoms with van der Waals surface area (Å²) in [6.45, 7) is 3.82. The summed E-state index contributed by atoms with van der Waals surface area (Å²) in [4.78, 5) is 35.3. The Kier molecular flexibility index (Phi) is 63.9. The van der Waals surface area contributed by atoms with Gasteiger partial charge in [-0.25, -0.2) is 4.57 Å². The van der Waals surface area contributed by atoms with Crippen LogP contribution in [0.2, 0.25) is 0 Å².